The molecule has 0 radical (unpaired) electrons. The Morgan fingerprint density at radius 1 is 0.921 bits per heavy atom. The van der Waals surface area contributed by atoms with Crippen LogP contribution in [0.15, 0.2) is 102 Å². The molecule has 1 fully saturated rings. The number of halogens is 3. The van der Waals surface area contributed by atoms with Gasteiger partial charge in [0.25, 0.3) is 0 Å². The van der Waals surface area contributed by atoms with E-state index in [9.17, 15) is 13.6 Å². The molecule has 1 saturated heterocycles. The molecule has 3 aromatic carbocycles. The molecule has 0 bridgehead atoms. The molecular formula is C30H26BrF2N3O2. The van der Waals surface area contributed by atoms with Crippen molar-refractivity contribution in [1.82, 2.24) is 9.88 Å². The lowest BCUT2D eigenvalue weighted by molar-refractivity contribution is -0.129. The number of ether oxygens (including phenoxy) is 1. The molecule has 2 heterocycles. The molecule has 8 heteroatoms. The first-order chi connectivity index (χ1) is 18.4. The molecule has 1 amide bonds. The van der Waals surface area contributed by atoms with E-state index >= 15 is 0 Å². The molecule has 0 saturated carbocycles. The Morgan fingerprint density at radius 3 is 2.08 bits per heavy atom. The number of likely N-dealkylation sites (tertiary alicyclic amines) is 1. The zero-order chi connectivity index (χ0) is 26.7. The number of hydrogen-bond donors (Lipinski definition) is 1. The van der Waals surface area contributed by atoms with Gasteiger partial charge in [-0.2, -0.15) is 8.78 Å². The summed E-state index contributed by atoms with van der Waals surface area (Å²) in [5, 5.41) is 2.84. The number of nitrogens with zero attached hydrogens (tertiary/aromatic N) is 2. The SMILES string of the molecule is Cc1ccc(NC(=O)C2(c3ccccc3Br)CN(C(c3ccccc3)c3ccccc3)C2)c(OC(F)F)n1. The number of nitrogens with one attached hydrogen (secondary N) is 1. The Kier molecular flexibility index (Phi) is 7.53. The highest BCUT2D eigenvalue weighted by molar-refractivity contribution is 9.10. The van der Waals surface area contributed by atoms with Crippen LogP contribution in [0.1, 0.15) is 28.4 Å². The van der Waals surface area contributed by atoms with Crippen molar-refractivity contribution in [2.75, 3.05) is 18.4 Å². The second kappa shape index (κ2) is 11.0. The van der Waals surface area contributed by atoms with Gasteiger partial charge in [0.2, 0.25) is 11.8 Å². The summed E-state index contributed by atoms with van der Waals surface area (Å²) in [7, 11) is 0. The van der Waals surface area contributed by atoms with Gasteiger partial charge in [-0.3, -0.25) is 9.69 Å². The van der Waals surface area contributed by atoms with Gasteiger partial charge in [0, 0.05) is 23.3 Å². The summed E-state index contributed by atoms with van der Waals surface area (Å²) in [6, 6.07) is 31.1. The number of anilines is 1. The Morgan fingerprint density at radius 2 is 1.50 bits per heavy atom. The van der Waals surface area contributed by atoms with Crippen LogP contribution < -0.4 is 10.1 Å². The average molecular weight is 578 g/mol. The Balaban J connectivity index is 1.51. The third-order valence-corrected chi connectivity index (χ3v) is 7.51. The maximum absolute atomic E-state index is 14.0. The summed E-state index contributed by atoms with van der Waals surface area (Å²) in [6.45, 7) is -0.557. The second-order valence-corrected chi connectivity index (χ2v) is 10.2. The second-order valence-electron chi connectivity index (χ2n) is 9.33. The third kappa shape index (κ3) is 5.19. The van der Waals surface area contributed by atoms with E-state index in [0.29, 0.717) is 18.8 Å². The van der Waals surface area contributed by atoms with Gasteiger partial charge in [-0.1, -0.05) is 94.8 Å². The molecule has 4 aromatic rings. The Hall–Kier alpha value is -3.62. The number of alkyl halides is 2. The maximum atomic E-state index is 14.0. The molecule has 0 unspecified atom stereocenters. The van der Waals surface area contributed by atoms with Crippen LogP contribution >= 0.6 is 15.9 Å². The molecule has 5 rings (SSSR count). The number of benzene rings is 3. The van der Waals surface area contributed by atoms with E-state index in [2.05, 4.69) is 60.1 Å². The van der Waals surface area contributed by atoms with Gasteiger partial charge in [-0.25, -0.2) is 4.98 Å². The van der Waals surface area contributed by atoms with Crippen molar-refractivity contribution in [1.29, 1.82) is 0 Å². The predicted molar refractivity (Wildman–Crippen MR) is 146 cm³/mol. The number of aromatic nitrogens is 1. The van der Waals surface area contributed by atoms with Gasteiger partial charge < -0.3 is 10.1 Å². The van der Waals surface area contributed by atoms with Crippen LogP contribution in [0.3, 0.4) is 0 Å². The molecule has 0 spiro atoms. The van der Waals surface area contributed by atoms with Crippen LogP contribution in [0.25, 0.3) is 0 Å². The van der Waals surface area contributed by atoms with Crippen LogP contribution in [0, 0.1) is 6.92 Å². The van der Waals surface area contributed by atoms with Crippen LogP contribution in [0.5, 0.6) is 5.88 Å². The smallest absolute Gasteiger partial charge is 0.388 e. The molecule has 1 aromatic heterocycles. The number of pyridine rings is 1. The van der Waals surface area contributed by atoms with E-state index in [1.165, 1.54) is 0 Å². The topological polar surface area (TPSA) is 54.5 Å². The number of carbonyl (C=O) groups excluding carboxylic acids is 1. The molecule has 1 aliphatic heterocycles. The number of aryl methyl sites for hydroxylation is 1. The lowest BCUT2D eigenvalue weighted by Crippen LogP contribution is -2.65. The van der Waals surface area contributed by atoms with Gasteiger partial charge >= 0.3 is 6.61 Å². The lowest BCUT2D eigenvalue weighted by atomic mass is 9.71. The van der Waals surface area contributed by atoms with Gasteiger partial charge in [-0.05, 0) is 41.8 Å². The molecule has 38 heavy (non-hydrogen) atoms. The highest BCUT2D eigenvalue weighted by Gasteiger charge is 2.53. The van der Waals surface area contributed by atoms with Crippen molar-refractivity contribution < 1.29 is 18.3 Å². The number of amides is 1. The number of carbonyl (C=O) groups is 1. The van der Waals surface area contributed by atoms with Crippen LogP contribution in [0.2, 0.25) is 0 Å². The van der Waals surface area contributed by atoms with Crippen LogP contribution in [-0.2, 0) is 10.2 Å². The summed E-state index contributed by atoms with van der Waals surface area (Å²) >= 11 is 3.63. The number of rotatable bonds is 8. The van der Waals surface area contributed by atoms with Crippen LogP contribution in [-0.4, -0.2) is 35.5 Å². The first-order valence-corrected chi connectivity index (χ1v) is 13.0. The molecule has 5 nitrogen and oxygen atoms in total. The average Bonchev–Trinajstić information content (AvgIpc) is 2.89. The number of hydrogen-bond acceptors (Lipinski definition) is 4. The Labute approximate surface area is 228 Å². The predicted octanol–water partition coefficient (Wildman–Crippen LogP) is 6.74. The first kappa shape index (κ1) is 26.0. The summed E-state index contributed by atoms with van der Waals surface area (Å²) in [4.78, 5) is 20.3. The van der Waals surface area contributed by atoms with Crippen molar-refractivity contribution in [2.45, 2.75) is 25.0 Å². The standard InChI is InChI=1S/C30H26BrF2N3O2/c1-20-16-17-25(27(34-20)38-29(32)33)35-28(37)30(23-14-8-9-15-24(23)31)18-36(19-30)26(21-10-4-2-5-11-21)22-12-6-3-7-13-22/h2-17,26,29H,18-19H2,1H3,(H,35,37). The fraction of sp³-hybridized carbons (Fsp3) is 0.200. The lowest BCUT2D eigenvalue weighted by Gasteiger charge is -2.52. The van der Waals surface area contributed by atoms with Crippen molar-refractivity contribution >= 4 is 27.5 Å². The highest BCUT2D eigenvalue weighted by atomic mass is 79.9. The zero-order valence-corrected chi connectivity index (χ0v) is 22.2. The molecule has 0 atom stereocenters. The summed E-state index contributed by atoms with van der Waals surface area (Å²) in [5.41, 5.74) is 2.74. The van der Waals surface area contributed by atoms with Gasteiger partial charge in [0.05, 0.1) is 6.04 Å². The molecule has 194 valence electrons. The molecule has 1 aliphatic rings. The van der Waals surface area contributed by atoms with E-state index in [4.69, 9.17) is 0 Å². The van der Waals surface area contributed by atoms with Crippen molar-refractivity contribution in [3.05, 3.63) is 124 Å². The third-order valence-electron chi connectivity index (χ3n) is 6.81. The monoisotopic (exact) mass is 577 g/mol. The normalized spacial score (nSPS) is 14.8. The zero-order valence-electron chi connectivity index (χ0n) is 20.7. The van der Waals surface area contributed by atoms with E-state index in [0.717, 1.165) is 21.2 Å². The van der Waals surface area contributed by atoms with Crippen molar-refractivity contribution in [3.8, 4) is 5.88 Å². The first-order valence-electron chi connectivity index (χ1n) is 12.2. The van der Waals surface area contributed by atoms with E-state index in [1.54, 1.807) is 19.1 Å². The minimum absolute atomic E-state index is 0.0559. The summed E-state index contributed by atoms with van der Waals surface area (Å²) in [5.74, 6) is -0.622. The summed E-state index contributed by atoms with van der Waals surface area (Å²) in [6.07, 6.45) is 0. The Bertz CT molecular complexity index is 1370. The quantitative estimate of drug-likeness (QED) is 0.252. The molecule has 0 aliphatic carbocycles. The minimum Gasteiger partial charge on any atom is -0.415 e. The highest BCUT2D eigenvalue weighted by Crippen LogP contribution is 2.45. The molecular weight excluding hydrogens is 552 g/mol. The van der Waals surface area contributed by atoms with Crippen molar-refractivity contribution in [3.63, 3.8) is 0 Å². The fourth-order valence-corrected chi connectivity index (χ4v) is 5.71. The maximum Gasteiger partial charge on any atom is 0.388 e. The van der Waals surface area contributed by atoms with Gasteiger partial charge in [0.15, 0.2) is 0 Å². The fourth-order valence-electron chi connectivity index (χ4n) is 5.04. The van der Waals surface area contributed by atoms with E-state index in [1.807, 2.05) is 60.7 Å². The van der Waals surface area contributed by atoms with Crippen molar-refractivity contribution in [2.24, 2.45) is 0 Å². The van der Waals surface area contributed by atoms with E-state index in [-0.39, 0.29) is 23.5 Å². The van der Waals surface area contributed by atoms with E-state index < -0.39 is 12.0 Å². The van der Waals surface area contributed by atoms with Crippen LogP contribution in [0.4, 0.5) is 14.5 Å². The minimum atomic E-state index is -3.06. The summed E-state index contributed by atoms with van der Waals surface area (Å²) < 4.78 is 31.6. The molecule has 1 N–H and O–H groups in total. The van der Waals surface area contributed by atoms with Gasteiger partial charge in [-0.15, -0.1) is 0 Å². The largest absolute Gasteiger partial charge is 0.415 e. The van der Waals surface area contributed by atoms with Gasteiger partial charge in [0.1, 0.15) is 11.1 Å².